The summed E-state index contributed by atoms with van der Waals surface area (Å²) < 4.78 is 1.78. The van der Waals surface area contributed by atoms with E-state index < -0.39 is 5.54 Å². The Morgan fingerprint density at radius 1 is 0.824 bits per heavy atom. The average Bonchev–Trinajstić information content (AvgIpc) is 3.22. The van der Waals surface area contributed by atoms with Gasteiger partial charge in [-0.1, -0.05) is 111 Å². The van der Waals surface area contributed by atoms with Crippen molar-refractivity contribution in [2.75, 3.05) is 10.6 Å². The number of carbonyl (C=O) groups excluding carboxylic acids is 1. The Hall–Kier alpha value is -3.86. The van der Waals surface area contributed by atoms with Gasteiger partial charge in [0.2, 0.25) is 5.91 Å². The van der Waals surface area contributed by atoms with Gasteiger partial charge in [-0.05, 0) is 23.1 Å². The molecule has 4 rings (SSSR count). The SMILES string of the molecule is CCCCCC(=O)Nc1cnn(C)c1NC(c1ccccc1)(c1ccccc1)c1ccccc1. The van der Waals surface area contributed by atoms with Crippen LogP contribution in [0.4, 0.5) is 11.5 Å². The number of nitrogens with zero attached hydrogens (tertiary/aromatic N) is 2. The molecular formula is C29H32N4O. The van der Waals surface area contributed by atoms with Gasteiger partial charge >= 0.3 is 0 Å². The van der Waals surface area contributed by atoms with Crippen LogP contribution in [0.2, 0.25) is 0 Å². The minimum Gasteiger partial charge on any atom is -0.351 e. The van der Waals surface area contributed by atoms with E-state index in [-0.39, 0.29) is 5.91 Å². The normalized spacial score (nSPS) is 11.2. The number of hydrogen-bond donors (Lipinski definition) is 2. The molecule has 0 fully saturated rings. The lowest BCUT2D eigenvalue weighted by atomic mass is 9.77. The standard InChI is InChI=1S/C29H32N4O/c1-3-4-8-21-27(34)31-26-22-30-33(2)28(26)32-29(23-15-9-5-10-16-23,24-17-11-6-12-18-24)25-19-13-7-14-20-25/h5-7,9-20,22,32H,3-4,8,21H2,1-2H3,(H,31,34). The number of rotatable bonds is 10. The van der Waals surface area contributed by atoms with E-state index in [2.05, 4.69) is 95.5 Å². The first-order chi connectivity index (χ1) is 16.6. The first-order valence-corrected chi connectivity index (χ1v) is 11.9. The van der Waals surface area contributed by atoms with E-state index in [0.717, 1.165) is 41.8 Å². The van der Waals surface area contributed by atoms with Crippen molar-refractivity contribution >= 4 is 17.4 Å². The van der Waals surface area contributed by atoms with Crippen molar-refractivity contribution in [3.8, 4) is 0 Å². The van der Waals surface area contributed by atoms with Crippen LogP contribution < -0.4 is 10.6 Å². The van der Waals surface area contributed by atoms with Crippen LogP contribution in [0.15, 0.2) is 97.2 Å². The van der Waals surface area contributed by atoms with E-state index in [0.29, 0.717) is 12.1 Å². The van der Waals surface area contributed by atoms with Gasteiger partial charge in [-0.25, -0.2) is 0 Å². The lowest BCUT2D eigenvalue weighted by Crippen LogP contribution is -2.39. The maximum Gasteiger partial charge on any atom is 0.224 e. The zero-order valence-electron chi connectivity index (χ0n) is 19.9. The Morgan fingerprint density at radius 3 is 1.79 bits per heavy atom. The molecule has 0 bridgehead atoms. The minimum atomic E-state index is -0.695. The van der Waals surface area contributed by atoms with Crippen LogP contribution in [-0.2, 0) is 17.4 Å². The van der Waals surface area contributed by atoms with Gasteiger partial charge in [0.25, 0.3) is 0 Å². The highest BCUT2D eigenvalue weighted by Crippen LogP contribution is 2.41. The third kappa shape index (κ3) is 4.88. The van der Waals surface area contributed by atoms with Crippen LogP contribution in [0.1, 0.15) is 49.3 Å². The molecule has 1 heterocycles. The van der Waals surface area contributed by atoms with Gasteiger partial charge in [-0.15, -0.1) is 0 Å². The number of nitrogens with one attached hydrogen (secondary N) is 2. The van der Waals surface area contributed by atoms with Crippen LogP contribution in [-0.4, -0.2) is 15.7 Å². The lowest BCUT2D eigenvalue weighted by Gasteiger charge is -2.38. The van der Waals surface area contributed by atoms with Gasteiger partial charge < -0.3 is 10.6 Å². The molecule has 0 aliphatic heterocycles. The van der Waals surface area contributed by atoms with E-state index in [9.17, 15) is 4.79 Å². The van der Waals surface area contributed by atoms with Gasteiger partial charge in [0, 0.05) is 13.5 Å². The van der Waals surface area contributed by atoms with Crippen LogP contribution in [0.25, 0.3) is 0 Å². The number of unbranched alkanes of at least 4 members (excludes halogenated alkanes) is 2. The van der Waals surface area contributed by atoms with Crippen molar-refractivity contribution in [1.29, 1.82) is 0 Å². The van der Waals surface area contributed by atoms with Gasteiger partial charge in [0.15, 0.2) is 0 Å². The summed E-state index contributed by atoms with van der Waals surface area (Å²) in [6.07, 6.45) is 5.23. The van der Waals surface area contributed by atoms with Gasteiger partial charge in [0.05, 0.1) is 6.20 Å². The number of hydrogen-bond acceptors (Lipinski definition) is 3. The highest BCUT2D eigenvalue weighted by Gasteiger charge is 2.37. The van der Waals surface area contributed by atoms with Crippen molar-refractivity contribution in [2.24, 2.45) is 7.05 Å². The Bertz CT molecular complexity index is 1090. The van der Waals surface area contributed by atoms with Crippen LogP contribution in [0.5, 0.6) is 0 Å². The molecule has 0 unspecified atom stereocenters. The molecule has 0 spiro atoms. The summed E-state index contributed by atoms with van der Waals surface area (Å²) in [7, 11) is 1.89. The van der Waals surface area contributed by atoms with E-state index in [4.69, 9.17) is 0 Å². The second-order valence-electron chi connectivity index (χ2n) is 8.51. The summed E-state index contributed by atoms with van der Waals surface area (Å²) in [4.78, 5) is 12.6. The Labute approximate surface area is 201 Å². The summed E-state index contributed by atoms with van der Waals surface area (Å²) in [6, 6.07) is 31.2. The summed E-state index contributed by atoms with van der Waals surface area (Å²) in [6.45, 7) is 2.14. The monoisotopic (exact) mass is 452 g/mol. The fraction of sp³-hybridized carbons (Fsp3) is 0.241. The predicted molar refractivity (Wildman–Crippen MR) is 139 cm³/mol. The number of anilines is 2. The first kappa shape index (κ1) is 23.3. The molecule has 0 aliphatic carbocycles. The van der Waals surface area contributed by atoms with Crippen molar-refractivity contribution in [3.63, 3.8) is 0 Å². The van der Waals surface area contributed by atoms with Gasteiger partial charge in [-0.2, -0.15) is 5.10 Å². The molecule has 4 aromatic rings. The van der Waals surface area contributed by atoms with E-state index in [1.807, 2.05) is 25.2 Å². The first-order valence-electron chi connectivity index (χ1n) is 11.9. The third-order valence-corrected chi connectivity index (χ3v) is 6.15. The second kappa shape index (κ2) is 10.8. The highest BCUT2D eigenvalue weighted by atomic mass is 16.1. The molecule has 3 aromatic carbocycles. The fourth-order valence-corrected chi connectivity index (χ4v) is 4.38. The quantitative estimate of drug-likeness (QED) is 0.218. The van der Waals surface area contributed by atoms with Crippen LogP contribution in [0, 0.1) is 0 Å². The van der Waals surface area contributed by atoms with Crippen molar-refractivity contribution in [2.45, 2.75) is 38.1 Å². The molecule has 0 radical (unpaired) electrons. The highest BCUT2D eigenvalue weighted by molar-refractivity contribution is 5.93. The molecule has 5 heteroatoms. The lowest BCUT2D eigenvalue weighted by molar-refractivity contribution is -0.116. The molecule has 0 saturated carbocycles. The third-order valence-electron chi connectivity index (χ3n) is 6.15. The molecular weight excluding hydrogens is 420 g/mol. The molecule has 0 saturated heterocycles. The maximum atomic E-state index is 12.6. The molecule has 34 heavy (non-hydrogen) atoms. The molecule has 5 nitrogen and oxygen atoms in total. The van der Waals surface area contributed by atoms with Crippen LogP contribution in [0.3, 0.4) is 0 Å². The molecule has 1 amide bonds. The molecule has 0 atom stereocenters. The number of aryl methyl sites for hydroxylation is 1. The van der Waals surface area contributed by atoms with E-state index in [1.54, 1.807) is 10.9 Å². The van der Waals surface area contributed by atoms with Crippen molar-refractivity contribution in [1.82, 2.24) is 9.78 Å². The Balaban J connectivity index is 1.83. The topological polar surface area (TPSA) is 59.0 Å². The zero-order valence-corrected chi connectivity index (χ0v) is 19.9. The van der Waals surface area contributed by atoms with Crippen molar-refractivity contribution < 1.29 is 4.79 Å². The van der Waals surface area contributed by atoms with E-state index >= 15 is 0 Å². The molecule has 174 valence electrons. The Kier molecular flexibility index (Phi) is 7.43. The molecule has 2 N–H and O–H groups in total. The summed E-state index contributed by atoms with van der Waals surface area (Å²) in [5.74, 6) is 0.759. The summed E-state index contributed by atoms with van der Waals surface area (Å²) in [5.41, 5.74) is 3.26. The molecule has 1 aromatic heterocycles. The number of aromatic nitrogens is 2. The average molecular weight is 453 g/mol. The van der Waals surface area contributed by atoms with Gasteiger partial charge in [0.1, 0.15) is 17.0 Å². The van der Waals surface area contributed by atoms with Gasteiger partial charge in [-0.3, -0.25) is 9.48 Å². The zero-order chi connectivity index (χ0) is 23.8. The molecule has 0 aliphatic rings. The minimum absolute atomic E-state index is 0.00855. The van der Waals surface area contributed by atoms with Crippen molar-refractivity contribution in [3.05, 3.63) is 114 Å². The second-order valence-corrected chi connectivity index (χ2v) is 8.51. The fourth-order valence-electron chi connectivity index (χ4n) is 4.38. The smallest absolute Gasteiger partial charge is 0.224 e. The summed E-state index contributed by atoms with van der Waals surface area (Å²) >= 11 is 0. The number of amides is 1. The number of benzene rings is 3. The predicted octanol–water partition coefficient (Wildman–Crippen LogP) is 6.34. The Morgan fingerprint density at radius 2 is 1.32 bits per heavy atom. The summed E-state index contributed by atoms with van der Waals surface area (Å²) in [5, 5.41) is 11.4. The maximum absolute atomic E-state index is 12.6. The largest absolute Gasteiger partial charge is 0.351 e. The van der Waals surface area contributed by atoms with E-state index in [1.165, 1.54) is 0 Å². The number of carbonyl (C=O) groups is 1. The van der Waals surface area contributed by atoms with Crippen LogP contribution >= 0.6 is 0 Å².